The van der Waals surface area contributed by atoms with Gasteiger partial charge in [0.25, 0.3) is 0 Å². The van der Waals surface area contributed by atoms with Gasteiger partial charge in [-0.3, -0.25) is 5.32 Å². The molecule has 0 radical (unpaired) electrons. The van der Waals surface area contributed by atoms with Crippen LogP contribution in [0.4, 0.5) is 22.2 Å². The number of fused-ring (bicyclic) bond motifs is 2. The molecule has 5 rings (SSSR count). The highest BCUT2D eigenvalue weighted by Gasteiger charge is 2.36. The minimum Gasteiger partial charge on any atom is -0.378 e. The van der Waals surface area contributed by atoms with Crippen molar-refractivity contribution in [1.29, 1.82) is 0 Å². The summed E-state index contributed by atoms with van der Waals surface area (Å²) in [6.45, 7) is 15.0. The number of hydrogen-bond acceptors (Lipinski definition) is 7. The predicted octanol–water partition coefficient (Wildman–Crippen LogP) is 4.77. The summed E-state index contributed by atoms with van der Waals surface area (Å²) in [5.74, 6) is 1.50. The summed E-state index contributed by atoms with van der Waals surface area (Å²) in [6, 6.07) is 7.97. The molecule has 36 heavy (non-hydrogen) atoms. The second-order valence-electron chi connectivity index (χ2n) is 11.9. The Hall–Kier alpha value is -3.49. The van der Waals surface area contributed by atoms with Crippen LogP contribution in [0.3, 0.4) is 0 Å². The molecule has 0 aliphatic carbocycles. The summed E-state index contributed by atoms with van der Waals surface area (Å²) in [5, 5.41) is 11.1. The molecule has 9 nitrogen and oxygen atoms in total. The average Bonchev–Trinajstić information content (AvgIpc) is 3.32. The zero-order chi connectivity index (χ0) is 25.7. The van der Waals surface area contributed by atoms with E-state index >= 15 is 0 Å². The number of nitrogens with zero attached hydrogens (tertiary/aromatic N) is 5. The zero-order valence-electron chi connectivity index (χ0n) is 22.0. The van der Waals surface area contributed by atoms with Crippen molar-refractivity contribution in [2.45, 2.75) is 64.8 Å². The number of nitrogens with one attached hydrogen (secondary N) is 3. The number of anilines is 3. The van der Waals surface area contributed by atoms with E-state index in [0.717, 1.165) is 46.8 Å². The van der Waals surface area contributed by atoms with Crippen LogP contribution in [0.5, 0.6) is 0 Å². The third kappa shape index (κ3) is 4.66. The Morgan fingerprint density at radius 2 is 1.78 bits per heavy atom. The molecule has 3 N–H and O–H groups in total. The number of rotatable bonds is 2. The average molecular weight is 489 g/mol. The van der Waals surface area contributed by atoms with Crippen LogP contribution in [0.2, 0.25) is 0 Å². The fourth-order valence-electron chi connectivity index (χ4n) is 5.13. The summed E-state index contributed by atoms with van der Waals surface area (Å²) in [4.78, 5) is 33.4. The number of benzene rings is 1. The second-order valence-corrected chi connectivity index (χ2v) is 11.9. The number of urea groups is 1. The molecular formula is C27H36N8O. The molecule has 0 saturated carbocycles. The highest BCUT2D eigenvalue weighted by Crippen LogP contribution is 2.36. The van der Waals surface area contributed by atoms with Crippen molar-refractivity contribution < 1.29 is 4.79 Å². The standard InChI is InChI=1S/C27H36N8O/c1-26(2,3)21-17-9-7-8-10-18(17)32-24(33-21)34-25(36)35-12-11-16(14-35)19-13-28-20-22(27(4,5)6)29-15-30-23(20)31-19/h7-10,15-16,19,28H,11-14H2,1-6H3,(H,29,30,31)(H,32,33,34,36). The van der Waals surface area contributed by atoms with Crippen LogP contribution in [0.15, 0.2) is 30.6 Å². The SMILES string of the molecule is CC(C)(C)c1ncnc2c1NCC(C1CCN(C(=O)Nc3nc(C(C)(C)C)c4ccccc4n3)C1)N2. The Morgan fingerprint density at radius 3 is 2.53 bits per heavy atom. The van der Waals surface area contributed by atoms with Gasteiger partial charge in [0.05, 0.1) is 22.6 Å². The third-order valence-corrected chi connectivity index (χ3v) is 6.99. The van der Waals surface area contributed by atoms with Gasteiger partial charge in [-0.25, -0.2) is 24.7 Å². The molecule has 3 aromatic rings. The van der Waals surface area contributed by atoms with E-state index in [1.54, 1.807) is 6.33 Å². The molecular weight excluding hydrogens is 452 g/mol. The van der Waals surface area contributed by atoms with Gasteiger partial charge in [0.2, 0.25) is 5.95 Å². The fourth-order valence-corrected chi connectivity index (χ4v) is 5.13. The number of aromatic nitrogens is 4. The van der Waals surface area contributed by atoms with Crippen molar-refractivity contribution in [2.75, 3.05) is 35.6 Å². The van der Waals surface area contributed by atoms with Crippen molar-refractivity contribution in [3.8, 4) is 0 Å². The molecule has 2 amide bonds. The van der Waals surface area contributed by atoms with Crippen LogP contribution < -0.4 is 16.0 Å². The van der Waals surface area contributed by atoms with Gasteiger partial charge >= 0.3 is 6.03 Å². The highest BCUT2D eigenvalue weighted by atomic mass is 16.2. The molecule has 1 aromatic carbocycles. The Bertz CT molecular complexity index is 1290. The van der Waals surface area contributed by atoms with Gasteiger partial charge in [0.15, 0.2) is 5.82 Å². The molecule has 2 aliphatic rings. The third-order valence-electron chi connectivity index (χ3n) is 6.99. The van der Waals surface area contributed by atoms with Gasteiger partial charge in [0, 0.05) is 47.8 Å². The molecule has 0 bridgehead atoms. The summed E-state index contributed by atoms with van der Waals surface area (Å²) in [6.07, 6.45) is 2.55. The number of carbonyl (C=O) groups excluding carboxylic acids is 1. The highest BCUT2D eigenvalue weighted by molar-refractivity contribution is 5.90. The quantitative estimate of drug-likeness (QED) is 0.477. The van der Waals surface area contributed by atoms with E-state index in [9.17, 15) is 4.79 Å². The molecule has 190 valence electrons. The smallest absolute Gasteiger partial charge is 0.324 e. The van der Waals surface area contributed by atoms with E-state index in [2.05, 4.69) is 72.4 Å². The fraction of sp³-hybridized carbons (Fsp3) is 0.519. The van der Waals surface area contributed by atoms with E-state index in [4.69, 9.17) is 4.98 Å². The van der Waals surface area contributed by atoms with Gasteiger partial charge < -0.3 is 15.5 Å². The Labute approximate surface area is 212 Å². The van der Waals surface area contributed by atoms with Crippen LogP contribution in [-0.4, -0.2) is 56.5 Å². The maximum atomic E-state index is 13.2. The molecule has 0 spiro atoms. The lowest BCUT2D eigenvalue weighted by Crippen LogP contribution is -2.42. The number of amides is 2. The van der Waals surface area contributed by atoms with E-state index in [1.165, 1.54) is 0 Å². The van der Waals surface area contributed by atoms with E-state index in [0.29, 0.717) is 25.0 Å². The minimum atomic E-state index is -0.173. The second kappa shape index (κ2) is 8.87. The molecule has 4 heterocycles. The van der Waals surface area contributed by atoms with Crippen LogP contribution in [-0.2, 0) is 10.8 Å². The molecule has 2 atom stereocenters. The number of carbonyl (C=O) groups is 1. The molecule has 2 aromatic heterocycles. The van der Waals surface area contributed by atoms with Gasteiger partial charge in [-0.05, 0) is 12.5 Å². The van der Waals surface area contributed by atoms with Gasteiger partial charge in [-0.1, -0.05) is 59.7 Å². The minimum absolute atomic E-state index is 0.0749. The van der Waals surface area contributed by atoms with Crippen molar-refractivity contribution in [1.82, 2.24) is 24.8 Å². The van der Waals surface area contributed by atoms with Crippen molar-refractivity contribution in [2.24, 2.45) is 5.92 Å². The van der Waals surface area contributed by atoms with E-state index in [1.807, 2.05) is 29.2 Å². The molecule has 2 aliphatic heterocycles. The van der Waals surface area contributed by atoms with Crippen molar-refractivity contribution in [3.05, 3.63) is 42.0 Å². The maximum absolute atomic E-state index is 13.2. The molecule has 1 saturated heterocycles. The summed E-state index contributed by atoms with van der Waals surface area (Å²) in [5.41, 5.74) is 3.50. The number of hydrogen-bond donors (Lipinski definition) is 3. The lowest BCUT2D eigenvalue weighted by Gasteiger charge is -2.34. The van der Waals surface area contributed by atoms with Crippen molar-refractivity contribution in [3.63, 3.8) is 0 Å². The van der Waals surface area contributed by atoms with Gasteiger partial charge in [0.1, 0.15) is 6.33 Å². The van der Waals surface area contributed by atoms with E-state index in [-0.39, 0.29) is 22.9 Å². The first-order valence-corrected chi connectivity index (χ1v) is 12.7. The van der Waals surface area contributed by atoms with E-state index < -0.39 is 0 Å². The molecule has 1 fully saturated rings. The lowest BCUT2D eigenvalue weighted by molar-refractivity contribution is 0.220. The largest absolute Gasteiger partial charge is 0.378 e. The molecule has 9 heteroatoms. The first kappa shape index (κ1) is 24.2. The summed E-state index contributed by atoms with van der Waals surface area (Å²) in [7, 11) is 0. The van der Waals surface area contributed by atoms with Crippen molar-refractivity contribution >= 4 is 34.4 Å². The summed E-state index contributed by atoms with van der Waals surface area (Å²) >= 11 is 0. The number of likely N-dealkylation sites (tertiary alicyclic amines) is 1. The first-order valence-electron chi connectivity index (χ1n) is 12.7. The normalized spacial score (nSPS) is 20.0. The predicted molar refractivity (Wildman–Crippen MR) is 144 cm³/mol. The lowest BCUT2D eigenvalue weighted by atomic mass is 9.89. The topological polar surface area (TPSA) is 108 Å². The van der Waals surface area contributed by atoms with Gasteiger partial charge in [-0.15, -0.1) is 0 Å². The van der Waals surface area contributed by atoms with Crippen LogP contribution >= 0.6 is 0 Å². The number of para-hydroxylation sites is 1. The maximum Gasteiger partial charge on any atom is 0.324 e. The first-order chi connectivity index (χ1) is 17.0. The Kier molecular flexibility index (Phi) is 5.97. The van der Waals surface area contributed by atoms with Crippen LogP contribution in [0, 0.1) is 5.92 Å². The Balaban J connectivity index is 1.28. The van der Waals surface area contributed by atoms with Crippen LogP contribution in [0.1, 0.15) is 59.4 Å². The summed E-state index contributed by atoms with van der Waals surface area (Å²) < 4.78 is 0. The molecule has 2 unspecified atom stereocenters. The van der Waals surface area contributed by atoms with Crippen LogP contribution in [0.25, 0.3) is 10.9 Å². The monoisotopic (exact) mass is 488 g/mol. The van der Waals surface area contributed by atoms with Gasteiger partial charge in [-0.2, -0.15) is 0 Å². The Morgan fingerprint density at radius 1 is 1.03 bits per heavy atom. The zero-order valence-corrected chi connectivity index (χ0v) is 22.0.